The molecule has 2 N–H and O–H groups in total. The van der Waals surface area contributed by atoms with E-state index in [4.69, 9.17) is 5.73 Å². The lowest BCUT2D eigenvalue weighted by molar-refractivity contribution is 0.156. The Morgan fingerprint density at radius 1 is 1.32 bits per heavy atom. The first-order valence-corrected chi connectivity index (χ1v) is 7.71. The fraction of sp³-hybridized carbons (Fsp3) is 0.647. The smallest absolute Gasteiger partial charge is 0.0233 e. The Morgan fingerprint density at radius 3 is 2.74 bits per heavy atom. The van der Waals surface area contributed by atoms with Crippen LogP contribution in [0, 0.1) is 12.8 Å². The van der Waals surface area contributed by atoms with Crippen molar-refractivity contribution >= 4 is 0 Å². The van der Waals surface area contributed by atoms with Crippen LogP contribution in [-0.2, 0) is 6.54 Å². The molecule has 2 nitrogen and oxygen atoms in total. The van der Waals surface area contributed by atoms with E-state index in [0.29, 0.717) is 6.04 Å². The SMILES string of the molecule is CCC(N)CC1CCCN(Cc2ccc(C)cc2)C1. The van der Waals surface area contributed by atoms with Gasteiger partial charge in [-0.25, -0.2) is 0 Å². The highest BCUT2D eigenvalue weighted by atomic mass is 15.1. The van der Waals surface area contributed by atoms with Crippen LogP contribution in [0.1, 0.15) is 43.7 Å². The zero-order valence-electron chi connectivity index (χ0n) is 12.4. The van der Waals surface area contributed by atoms with E-state index < -0.39 is 0 Å². The molecule has 2 heteroatoms. The number of nitrogens with zero attached hydrogens (tertiary/aromatic N) is 1. The average molecular weight is 260 g/mol. The summed E-state index contributed by atoms with van der Waals surface area (Å²) in [6.45, 7) is 7.90. The van der Waals surface area contributed by atoms with Gasteiger partial charge in [0, 0.05) is 19.1 Å². The first-order valence-electron chi connectivity index (χ1n) is 7.71. The third kappa shape index (κ3) is 4.63. The second-order valence-corrected chi connectivity index (χ2v) is 6.13. The van der Waals surface area contributed by atoms with E-state index >= 15 is 0 Å². The molecule has 1 heterocycles. The molecule has 1 aromatic carbocycles. The average Bonchev–Trinajstić information content (AvgIpc) is 2.42. The molecule has 0 aromatic heterocycles. The highest BCUT2D eigenvalue weighted by Gasteiger charge is 2.21. The van der Waals surface area contributed by atoms with Gasteiger partial charge in [-0.1, -0.05) is 36.8 Å². The van der Waals surface area contributed by atoms with E-state index in [0.717, 1.165) is 18.9 Å². The van der Waals surface area contributed by atoms with Gasteiger partial charge in [-0.3, -0.25) is 4.90 Å². The number of likely N-dealkylation sites (tertiary alicyclic amines) is 1. The highest BCUT2D eigenvalue weighted by Crippen LogP contribution is 2.22. The molecular weight excluding hydrogens is 232 g/mol. The van der Waals surface area contributed by atoms with Gasteiger partial charge in [0.25, 0.3) is 0 Å². The van der Waals surface area contributed by atoms with Gasteiger partial charge >= 0.3 is 0 Å². The first-order chi connectivity index (χ1) is 9.17. The van der Waals surface area contributed by atoms with E-state index in [2.05, 4.69) is 43.0 Å². The summed E-state index contributed by atoms with van der Waals surface area (Å²) in [5.41, 5.74) is 8.88. The summed E-state index contributed by atoms with van der Waals surface area (Å²) in [5.74, 6) is 0.800. The van der Waals surface area contributed by atoms with E-state index in [1.165, 1.54) is 43.5 Å². The maximum absolute atomic E-state index is 6.10. The molecule has 1 saturated heterocycles. The van der Waals surface area contributed by atoms with E-state index in [1.807, 2.05) is 0 Å². The summed E-state index contributed by atoms with van der Waals surface area (Å²) in [7, 11) is 0. The Hall–Kier alpha value is -0.860. The Bertz CT molecular complexity index is 371. The molecule has 0 radical (unpaired) electrons. The van der Waals surface area contributed by atoms with Crippen LogP contribution in [0.25, 0.3) is 0 Å². The van der Waals surface area contributed by atoms with Crippen molar-refractivity contribution in [1.29, 1.82) is 0 Å². The number of benzene rings is 1. The topological polar surface area (TPSA) is 29.3 Å². The molecular formula is C17H28N2. The molecule has 2 unspecified atom stereocenters. The van der Waals surface area contributed by atoms with Gasteiger partial charge in [0.1, 0.15) is 0 Å². The normalized spacial score (nSPS) is 22.4. The van der Waals surface area contributed by atoms with Gasteiger partial charge in [0.2, 0.25) is 0 Å². The minimum atomic E-state index is 0.393. The number of nitrogens with two attached hydrogens (primary N) is 1. The summed E-state index contributed by atoms with van der Waals surface area (Å²) in [6.07, 6.45) is 4.99. The molecule has 1 aliphatic rings. The molecule has 2 rings (SSSR count). The van der Waals surface area contributed by atoms with E-state index in [1.54, 1.807) is 0 Å². The molecule has 19 heavy (non-hydrogen) atoms. The molecule has 0 spiro atoms. The number of rotatable bonds is 5. The van der Waals surface area contributed by atoms with Gasteiger partial charge in [0.15, 0.2) is 0 Å². The summed E-state index contributed by atoms with van der Waals surface area (Å²) in [6, 6.07) is 9.34. The van der Waals surface area contributed by atoms with Crippen molar-refractivity contribution in [2.75, 3.05) is 13.1 Å². The third-order valence-electron chi connectivity index (χ3n) is 4.29. The van der Waals surface area contributed by atoms with E-state index in [-0.39, 0.29) is 0 Å². The summed E-state index contributed by atoms with van der Waals surface area (Å²) in [5, 5.41) is 0. The van der Waals surface area contributed by atoms with Crippen molar-refractivity contribution in [3.8, 4) is 0 Å². The molecule has 2 atom stereocenters. The molecule has 1 fully saturated rings. The number of aryl methyl sites for hydroxylation is 1. The number of hydrogen-bond acceptors (Lipinski definition) is 2. The van der Waals surface area contributed by atoms with Gasteiger partial charge in [-0.15, -0.1) is 0 Å². The second kappa shape index (κ2) is 7.06. The summed E-state index contributed by atoms with van der Waals surface area (Å²) < 4.78 is 0. The van der Waals surface area contributed by atoms with Crippen molar-refractivity contribution in [3.05, 3.63) is 35.4 Å². The van der Waals surface area contributed by atoms with Crippen LogP contribution in [0.4, 0.5) is 0 Å². The minimum Gasteiger partial charge on any atom is -0.328 e. The fourth-order valence-corrected chi connectivity index (χ4v) is 3.03. The predicted molar refractivity (Wildman–Crippen MR) is 82.1 cm³/mol. The Kier molecular flexibility index (Phi) is 5.41. The fourth-order valence-electron chi connectivity index (χ4n) is 3.03. The van der Waals surface area contributed by atoms with Crippen molar-refractivity contribution in [3.63, 3.8) is 0 Å². The van der Waals surface area contributed by atoms with Crippen LogP contribution in [-0.4, -0.2) is 24.0 Å². The molecule has 1 aromatic rings. The second-order valence-electron chi connectivity index (χ2n) is 6.13. The standard InChI is InChI=1S/C17H28N2/c1-3-17(18)11-16-5-4-10-19(13-16)12-15-8-6-14(2)7-9-15/h6-9,16-17H,3-5,10-13,18H2,1-2H3. The molecule has 106 valence electrons. The summed E-state index contributed by atoms with van der Waals surface area (Å²) >= 11 is 0. The lowest BCUT2D eigenvalue weighted by atomic mass is 9.90. The van der Waals surface area contributed by atoms with Gasteiger partial charge < -0.3 is 5.73 Å². The minimum absolute atomic E-state index is 0.393. The van der Waals surface area contributed by atoms with Crippen molar-refractivity contribution in [2.45, 2.75) is 52.1 Å². The van der Waals surface area contributed by atoms with Crippen LogP contribution in [0.5, 0.6) is 0 Å². The van der Waals surface area contributed by atoms with Crippen molar-refractivity contribution in [2.24, 2.45) is 11.7 Å². The first kappa shape index (κ1) is 14.5. The van der Waals surface area contributed by atoms with Crippen LogP contribution in [0.3, 0.4) is 0 Å². The quantitative estimate of drug-likeness (QED) is 0.880. The maximum Gasteiger partial charge on any atom is 0.0233 e. The van der Waals surface area contributed by atoms with Crippen molar-refractivity contribution < 1.29 is 0 Å². The van der Waals surface area contributed by atoms with E-state index in [9.17, 15) is 0 Å². The van der Waals surface area contributed by atoms with Gasteiger partial charge in [0.05, 0.1) is 0 Å². The molecule has 0 aliphatic carbocycles. The lowest BCUT2D eigenvalue weighted by Gasteiger charge is -2.33. The monoisotopic (exact) mass is 260 g/mol. The third-order valence-corrected chi connectivity index (χ3v) is 4.29. The largest absolute Gasteiger partial charge is 0.328 e. The Morgan fingerprint density at radius 2 is 2.05 bits per heavy atom. The zero-order chi connectivity index (χ0) is 13.7. The van der Waals surface area contributed by atoms with Gasteiger partial charge in [-0.05, 0) is 50.6 Å². The number of hydrogen-bond donors (Lipinski definition) is 1. The number of piperidine rings is 1. The van der Waals surface area contributed by atoms with Crippen LogP contribution in [0.15, 0.2) is 24.3 Å². The van der Waals surface area contributed by atoms with Crippen LogP contribution >= 0.6 is 0 Å². The molecule has 0 amide bonds. The lowest BCUT2D eigenvalue weighted by Crippen LogP contribution is -2.37. The predicted octanol–water partition coefficient (Wildman–Crippen LogP) is 3.33. The molecule has 1 aliphatic heterocycles. The highest BCUT2D eigenvalue weighted by molar-refractivity contribution is 5.21. The molecule has 0 bridgehead atoms. The zero-order valence-corrected chi connectivity index (χ0v) is 12.4. The maximum atomic E-state index is 6.10. The Labute approximate surface area is 118 Å². The van der Waals surface area contributed by atoms with Crippen LogP contribution < -0.4 is 5.73 Å². The van der Waals surface area contributed by atoms with Crippen LogP contribution in [0.2, 0.25) is 0 Å². The Balaban J connectivity index is 1.85. The molecule has 0 saturated carbocycles. The van der Waals surface area contributed by atoms with Gasteiger partial charge in [-0.2, -0.15) is 0 Å². The van der Waals surface area contributed by atoms with Crippen molar-refractivity contribution in [1.82, 2.24) is 4.90 Å². The summed E-state index contributed by atoms with van der Waals surface area (Å²) in [4.78, 5) is 2.60.